The number of nitrogens with one attached hydrogen (secondary N) is 2. The maximum atomic E-state index is 5.31. The molecule has 0 unspecified atom stereocenters. The Morgan fingerprint density at radius 2 is 2.00 bits per heavy atom. The molecular formula is C12H17N5OS. The third-order valence-electron chi connectivity index (χ3n) is 2.33. The third-order valence-corrected chi connectivity index (χ3v) is 3.33. The van der Waals surface area contributed by atoms with E-state index in [1.54, 1.807) is 18.4 Å². The number of hydrogen-bond donors (Lipinski definition) is 2. The number of rotatable bonds is 6. The van der Waals surface area contributed by atoms with Gasteiger partial charge in [-0.15, -0.1) is 11.3 Å². The molecular weight excluding hydrogens is 262 g/mol. The van der Waals surface area contributed by atoms with Crippen LogP contribution in [0.1, 0.15) is 16.7 Å². The van der Waals surface area contributed by atoms with Gasteiger partial charge in [0.2, 0.25) is 11.9 Å². The summed E-state index contributed by atoms with van der Waals surface area (Å²) in [5.41, 5.74) is 0. The van der Waals surface area contributed by atoms with Gasteiger partial charge in [-0.1, -0.05) is 0 Å². The monoisotopic (exact) mass is 279 g/mol. The predicted molar refractivity (Wildman–Crippen MR) is 76.9 cm³/mol. The van der Waals surface area contributed by atoms with Crippen molar-refractivity contribution in [3.05, 3.63) is 21.9 Å². The van der Waals surface area contributed by atoms with Crippen molar-refractivity contribution in [2.24, 2.45) is 0 Å². The van der Waals surface area contributed by atoms with Gasteiger partial charge in [0, 0.05) is 16.8 Å². The van der Waals surface area contributed by atoms with E-state index in [9.17, 15) is 0 Å². The van der Waals surface area contributed by atoms with E-state index < -0.39 is 0 Å². The molecule has 2 aromatic heterocycles. The summed E-state index contributed by atoms with van der Waals surface area (Å²) in [4.78, 5) is 15.1. The molecule has 0 aliphatic carbocycles. The molecule has 19 heavy (non-hydrogen) atoms. The summed E-state index contributed by atoms with van der Waals surface area (Å²) < 4.78 is 5.31. The first kappa shape index (κ1) is 13.5. The van der Waals surface area contributed by atoms with Crippen LogP contribution in [0.2, 0.25) is 0 Å². The van der Waals surface area contributed by atoms with Crippen LogP contribution < -0.4 is 15.4 Å². The minimum atomic E-state index is 0.326. The number of aromatic nitrogens is 3. The van der Waals surface area contributed by atoms with Crippen LogP contribution in [-0.4, -0.2) is 28.6 Å². The van der Waals surface area contributed by atoms with Gasteiger partial charge in [0.05, 0.1) is 13.2 Å². The van der Waals surface area contributed by atoms with Gasteiger partial charge in [-0.3, -0.25) is 0 Å². The second-order valence-electron chi connectivity index (χ2n) is 3.81. The largest absolute Gasteiger partial charge is 0.464 e. The SMILES string of the molecule is CCOc1nc(NC)nc(NCc2ccc(C)s2)n1. The lowest BCUT2D eigenvalue weighted by Gasteiger charge is -2.07. The lowest BCUT2D eigenvalue weighted by atomic mass is 10.4. The molecule has 0 fully saturated rings. The predicted octanol–water partition coefficient (Wildman–Crippen LogP) is 2.29. The maximum absolute atomic E-state index is 5.31. The second kappa shape index (κ2) is 6.33. The lowest BCUT2D eigenvalue weighted by molar-refractivity contribution is 0.312. The van der Waals surface area contributed by atoms with Gasteiger partial charge in [-0.2, -0.15) is 15.0 Å². The van der Waals surface area contributed by atoms with E-state index in [0.29, 0.717) is 31.1 Å². The molecule has 2 N–H and O–H groups in total. The molecule has 0 atom stereocenters. The standard InChI is InChI=1S/C12H17N5OS/c1-4-18-12-16-10(13-3)15-11(17-12)14-7-9-6-5-8(2)19-9/h5-6H,4,7H2,1-3H3,(H2,13,14,15,16,17). The van der Waals surface area contributed by atoms with E-state index in [4.69, 9.17) is 4.74 Å². The Balaban J connectivity index is 2.08. The van der Waals surface area contributed by atoms with Crippen molar-refractivity contribution in [1.82, 2.24) is 15.0 Å². The van der Waals surface area contributed by atoms with Crippen LogP contribution in [0.3, 0.4) is 0 Å². The molecule has 0 bridgehead atoms. The molecule has 0 saturated heterocycles. The number of aryl methyl sites for hydroxylation is 1. The molecule has 0 aliphatic heterocycles. The van der Waals surface area contributed by atoms with Crippen LogP contribution in [0.4, 0.5) is 11.9 Å². The molecule has 6 nitrogen and oxygen atoms in total. The Kier molecular flexibility index (Phi) is 4.51. The van der Waals surface area contributed by atoms with Gasteiger partial charge >= 0.3 is 6.01 Å². The van der Waals surface area contributed by atoms with Crippen LogP contribution >= 0.6 is 11.3 Å². The molecule has 2 rings (SSSR count). The van der Waals surface area contributed by atoms with E-state index in [1.807, 2.05) is 6.92 Å². The van der Waals surface area contributed by atoms with E-state index in [2.05, 4.69) is 44.6 Å². The summed E-state index contributed by atoms with van der Waals surface area (Å²) in [6.45, 7) is 5.20. The van der Waals surface area contributed by atoms with Crippen LogP contribution in [0.15, 0.2) is 12.1 Å². The molecule has 0 radical (unpaired) electrons. The van der Waals surface area contributed by atoms with E-state index >= 15 is 0 Å². The number of anilines is 2. The number of ether oxygens (including phenoxy) is 1. The minimum absolute atomic E-state index is 0.326. The van der Waals surface area contributed by atoms with Crippen LogP contribution in [0.25, 0.3) is 0 Å². The van der Waals surface area contributed by atoms with Gasteiger partial charge < -0.3 is 15.4 Å². The fourth-order valence-electron chi connectivity index (χ4n) is 1.49. The van der Waals surface area contributed by atoms with E-state index in [-0.39, 0.29) is 0 Å². The van der Waals surface area contributed by atoms with Crippen molar-refractivity contribution in [2.45, 2.75) is 20.4 Å². The molecule has 2 heterocycles. The molecule has 0 amide bonds. The van der Waals surface area contributed by atoms with E-state index in [0.717, 1.165) is 0 Å². The highest BCUT2D eigenvalue weighted by atomic mass is 32.1. The Labute approximate surface area is 116 Å². The molecule has 2 aromatic rings. The summed E-state index contributed by atoms with van der Waals surface area (Å²) in [5.74, 6) is 0.997. The van der Waals surface area contributed by atoms with Crippen molar-refractivity contribution in [3.63, 3.8) is 0 Å². The fraction of sp³-hybridized carbons (Fsp3) is 0.417. The van der Waals surface area contributed by atoms with Gasteiger partial charge in [0.25, 0.3) is 0 Å². The summed E-state index contributed by atoms with van der Waals surface area (Å²) in [6, 6.07) is 4.52. The zero-order valence-corrected chi connectivity index (χ0v) is 12.0. The molecule has 0 saturated carbocycles. The summed E-state index contributed by atoms with van der Waals surface area (Å²) in [5, 5.41) is 6.06. The number of nitrogens with zero attached hydrogens (tertiary/aromatic N) is 3. The Morgan fingerprint density at radius 3 is 2.63 bits per heavy atom. The number of thiophene rings is 1. The topological polar surface area (TPSA) is 72.0 Å². The van der Waals surface area contributed by atoms with Crippen molar-refractivity contribution < 1.29 is 4.74 Å². The number of hydrogen-bond acceptors (Lipinski definition) is 7. The van der Waals surface area contributed by atoms with Crippen LogP contribution in [-0.2, 0) is 6.54 Å². The molecule has 0 aliphatic rings. The van der Waals surface area contributed by atoms with Gasteiger partial charge in [-0.05, 0) is 26.0 Å². The fourth-order valence-corrected chi connectivity index (χ4v) is 2.32. The van der Waals surface area contributed by atoms with Crippen LogP contribution in [0.5, 0.6) is 6.01 Å². The average molecular weight is 279 g/mol. The molecule has 7 heteroatoms. The van der Waals surface area contributed by atoms with Crippen LogP contribution in [0, 0.1) is 6.92 Å². The zero-order chi connectivity index (χ0) is 13.7. The Morgan fingerprint density at radius 1 is 1.21 bits per heavy atom. The maximum Gasteiger partial charge on any atom is 0.323 e. The van der Waals surface area contributed by atoms with Gasteiger partial charge in [0.15, 0.2) is 0 Å². The van der Waals surface area contributed by atoms with Gasteiger partial charge in [-0.25, -0.2) is 0 Å². The molecule has 0 aromatic carbocycles. The highest BCUT2D eigenvalue weighted by Crippen LogP contribution is 2.17. The summed E-state index contributed by atoms with van der Waals surface area (Å²) in [6.07, 6.45) is 0. The first-order valence-electron chi connectivity index (χ1n) is 6.07. The summed E-state index contributed by atoms with van der Waals surface area (Å²) in [7, 11) is 1.76. The van der Waals surface area contributed by atoms with E-state index in [1.165, 1.54) is 9.75 Å². The minimum Gasteiger partial charge on any atom is -0.464 e. The normalized spacial score (nSPS) is 10.3. The van der Waals surface area contributed by atoms with Crippen molar-refractivity contribution in [2.75, 3.05) is 24.3 Å². The highest BCUT2D eigenvalue weighted by Gasteiger charge is 2.06. The Bertz CT molecular complexity index is 543. The van der Waals surface area contributed by atoms with Crippen molar-refractivity contribution in [1.29, 1.82) is 0 Å². The highest BCUT2D eigenvalue weighted by molar-refractivity contribution is 7.11. The third kappa shape index (κ3) is 3.78. The molecule has 102 valence electrons. The lowest BCUT2D eigenvalue weighted by Crippen LogP contribution is -2.08. The van der Waals surface area contributed by atoms with Crippen molar-refractivity contribution in [3.8, 4) is 6.01 Å². The average Bonchev–Trinajstić information content (AvgIpc) is 2.82. The smallest absolute Gasteiger partial charge is 0.323 e. The second-order valence-corrected chi connectivity index (χ2v) is 5.19. The Hall–Kier alpha value is -1.89. The first-order valence-corrected chi connectivity index (χ1v) is 6.88. The summed E-state index contributed by atoms with van der Waals surface area (Å²) >= 11 is 1.75. The zero-order valence-electron chi connectivity index (χ0n) is 11.2. The quantitative estimate of drug-likeness (QED) is 0.845. The van der Waals surface area contributed by atoms with Gasteiger partial charge in [0.1, 0.15) is 0 Å². The van der Waals surface area contributed by atoms with Crippen molar-refractivity contribution >= 4 is 23.2 Å². The molecule has 0 spiro atoms. The first-order chi connectivity index (χ1) is 9.21.